The van der Waals surface area contributed by atoms with Crippen LogP contribution in [0.25, 0.3) is 22.0 Å². The number of ether oxygens (including phenoxy) is 1. The summed E-state index contributed by atoms with van der Waals surface area (Å²) in [6.07, 6.45) is 1.80. The zero-order valence-electron chi connectivity index (χ0n) is 13.6. The Balaban J connectivity index is 2.24. The SMILES string of the molecule is COc1c(-c2ccccc2Cl)cc2cnc(NC(C)C)nc2c1Br. The zero-order valence-corrected chi connectivity index (χ0v) is 15.9. The summed E-state index contributed by atoms with van der Waals surface area (Å²) in [5.41, 5.74) is 2.60. The van der Waals surface area contributed by atoms with Crippen LogP contribution in [0.1, 0.15) is 13.8 Å². The van der Waals surface area contributed by atoms with Crippen LogP contribution in [0, 0.1) is 0 Å². The van der Waals surface area contributed by atoms with E-state index in [4.69, 9.17) is 16.3 Å². The minimum absolute atomic E-state index is 0.255. The smallest absolute Gasteiger partial charge is 0.223 e. The van der Waals surface area contributed by atoms with Crippen LogP contribution >= 0.6 is 27.5 Å². The fourth-order valence-electron chi connectivity index (χ4n) is 2.53. The molecule has 0 unspecified atom stereocenters. The van der Waals surface area contributed by atoms with Gasteiger partial charge in [0.1, 0.15) is 5.75 Å². The molecule has 0 spiro atoms. The van der Waals surface area contributed by atoms with Gasteiger partial charge in [-0.15, -0.1) is 0 Å². The molecule has 3 rings (SSSR count). The van der Waals surface area contributed by atoms with Crippen molar-refractivity contribution < 1.29 is 4.74 Å². The van der Waals surface area contributed by atoms with Crippen LogP contribution in [0.4, 0.5) is 5.95 Å². The van der Waals surface area contributed by atoms with E-state index in [9.17, 15) is 0 Å². The number of rotatable bonds is 4. The van der Waals surface area contributed by atoms with Gasteiger partial charge in [-0.2, -0.15) is 0 Å². The molecule has 3 aromatic rings. The molecule has 124 valence electrons. The number of anilines is 1. The summed E-state index contributed by atoms with van der Waals surface area (Å²) in [5, 5.41) is 4.79. The predicted molar refractivity (Wildman–Crippen MR) is 103 cm³/mol. The first-order valence-corrected chi connectivity index (χ1v) is 8.73. The molecule has 0 fully saturated rings. The van der Waals surface area contributed by atoms with Gasteiger partial charge in [-0.25, -0.2) is 9.97 Å². The van der Waals surface area contributed by atoms with Crippen molar-refractivity contribution in [3.63, 3.8) is 0 Å². The largest absolute Gasteiger partial charge is 0.495 e. The second kappa shape index (κ2) is 6.95. The van der Waals surface area contributed by atoms with Gasteiger partial charge in [0, 0.05) is 33.8 Å². The van der Waals surface area contributed by atoms with Gasteiger partial charge >= 0.3 is 0 Å². The van der Waals surface area contributed by atoms with Crippen molar-refractivity contribution in [2.75, 3.05) is 12.4 Å². The average molecular weight is 407 g/mol. The van der Waals surface area contributed by atoms with E-state index < -0.39 is 0 Å². The first-order valence-electron chi connectivity index (χ1n) is 7.56. The van der Waals surface area contributed by atoms with Gasteiger partial charge in [0.25, 0.3) is 0 Å². The number of methoxy groups -OCH3 is 1. The van der Waals surface area contributed by atoms with E-state index in [0.717, 1.165) is 26.5 Å². The first kappa shape index (κ1) is 17.0. The van der Waals surface area contributed by atoms with Crippen molar-refractivity contribution in [1.29, 1.82) is 0 Å². The number of benzene rings is 2. The second-order valence-electron chi connectivity index (χ2n) is 5.68. The molecular formula is C18H17BrClN3O. The maximum Gasteiger partial charge on any atom is 0.223 e. The van der Waals surface area contributed by atoms with Gasteiger partial charge in [-0.1, -0.05) is 29.8 Å². The number of hydrogen-bond acceptors (Lipinski definition) is 4. The van der Waals surface area contributed by atoms with E-state index in [1.807, 2.05) is 44.2 Å². The minimum atomic E-state index is 0.255. The van der Waals surface area contributed by atoms with Crippen molar-refractivity contribution in [3.05, 3.63) is 46.0 Å². The van der Waals surface area contributed by atoms with Crippen LogP contribution in [0.3, 0.4) is 0 Å². The van der Waals surface area contributed by atoms with Crippen LogP contribution < -0.4 is 10.1 Å². The maximum absolute atomic E-state index is 6.36. The molecule has 0 aliphatic rings. The Hall–Kier alpha value is -1.85. The second-order valence-corrected chi connectivity index (χ2v) is 6.88. The molecule has 0 amide bonds. The normalized spacial score (nSPS) is 11.1. The van der Waals surface area contributed by atoms with Crippen LogP contribution in [-0.2, 0) is 0 Å². The van der Waals surface area contributed by atoms with E-state index in [0.29, 0.717) is 16.7 Å². The third-order valence-electron chi connectivity index (χ3n) is 3.55. The van der Waals surface area contributed by atoms with E-state index >= 15 is 0 Å². The first-order chi connectivity index (χ1) is 11.5. The maximum atomic E-state index is 6.36. The molecule has 4 nitrogen and oxygen atoms in total. The summed E-state index contributed by atoms with van der Waals surface area (Å²) in [4.78, 5) is 8.98. The molecular weight excluding hydrogens is 390 g/mol. The number of fused-ring (bicyclic) bond motifs is 1. The number of hydrogen-bond donors (Lipinski definition) is 1. The van der Waals surface area contributed by atoms with E-state index in [2.05, 4.69) is 31.2 Å². The Labute approximate surface area is 154 Å². The van der Waals surface area contributed by atoms with Crippen molar-refractivity contribution >= 4 is 44.4 Å². The molecule has 0 atom stereocenters. The molecule has 0 saturated carbocycles. The van der Waals surface area contributed by atoms with E-state index in [1.54, 1.807) is 13.3 Å². The molecule has 24 heavy (non-hydrogen) atoms. The summed E-state index contributed by atoms with van der Waals surface area (Å²) in [5.74, 6) is 1.29. The Morgan fingerprint density at radius 2 is 1.96 bits per heavy atom. The lowest BCUT2D eigenvalue weighted by atomic mass is 10.0. The summed E-state index contributed by atoms with van der Waals surface area (Å²) in [6, 6.07) is 9.94. The van der Waals surface area contributed by atoms with Gasteiger partial charge in [-0.05, 0) is 41.9 Å². The Morgan fingerprint density at radius 3 is 2.62 bits per heavy atom. The lowest BCUT2D eigenvalue weighted by molar-refractivity contribution is 0.414. The molecule has 0 aliphatic carbocycles. The number of aromatic nitrogens is 2. The van der Waals surface area contributed by atoms with Crippen LogP contribution in [0.15, 0.2) is 41.0 Å². The molecule has 1 aromatic heterocycles. The highest BCUT2D eigenvalue weighted by Gasteiger charge is 2.17. The number of nitrogens with one attached hydrogen (secondary N) is 1. The Kier molecular flexibility index (Phi) is 4.92. The van der Waals surface area contributed by atoms with Crippen molar-refractivity contribution in [2.24, 2.45) is 0 Å². The lowest BCUT2D eigenvalue weighted by Crippen LogP contribution is -2.12. The van der Waals surface area contributed by atoms with Crippen LogP contribution in [-0.4, -0.2) is 23.1 Å². The number of nitrogens with zero attached hydrogens (tertiary/aromatic N) is 2. The van der Waals surface area contributed by atoms with Gasteiger partial charge in [0.2, 0.25) is 5.95 Å². The van der Waals surface area contributed by atoms with Gasteiger partial charge < -0.3 is 10.1 Å². The van der Waals surface area contributed by atoms with Crippen molar-refractivity contribution in [2.45, 2.75) is 19.9 Å². The molecule has 0 radical (unpaired) electrons. The van der Waals surface area contributed by atoms with Gasteiger partial charge in [0.15, 0.2) is 0 Å². The monoisotopic (exact) mass is 405 g/mol. The quantitative estimate of drug-likeness (QED) is 0.618. The summed E-state index contributed by atoms with van der Waals surface area (Å²) in [7, 11) is 1.64. The average Bonchev–Trinajstić information content (AvgIpc) is 2.55. The molecule has 0 aliphatic heterocycles. The standard InChI is InChI=1S/C18H17BrClN3O/c1-10(2)22-18-21-9-11-8-13(12-6-4-5-7-14(12)20)17(24-3)15(19)16(11)23-18/h4-10H,1-3H3,(H,21,22,23). The van der Waals surface area contributed by atoms with Gasteiger partial charge in [0.05, 0.1) is 17.1 Å². The fraction of sp³-hybridized carbons (Fsp3) is 0.222. The van der Waals surface area contributed by atoms with Gasteiger partial charge in [-0.3, -0.25) is 0 Å². The molecule has 0 saturated heterocycles. The molecule has 6 heteroatoms. The highest BCUT2D eigenvalue weighted by atomic mass is 79.9. The topological polar surface area (TPSA) is 47.0 Å². The Bertz CT molecular complexity index is 899. The minimum Gasteiger partial charge on any atom is -0.495 e. The predicted octanol–water partition coefficient (Wildman–Crippen LogP) is 5.54. The molecule has 0 bridgehead atoms. The van der Waals surface area contributed by atoms with Crippen molar-refractivity contribution in [1.82, 2.24) is 9.97 Å². The highest BCUT2D eigenvalue weighted by Crippen LogP contribution is 2.43. The van der Waals surface area contributed by atoms with Crippen molar-refractivity contribution in [3.8, 4) is 16.9 Å². The zero-order chi connectivity index (χ0) is 17.3. The highest BCUT2D eigenvalue weighted by molar-refractivity contribution is 9.10. The molecule has 1 N–H and O–H groups in total. The third kappa shape index (κ3) is 3.19. The van der Waals surface area contributed by atoms with E-state index in [1.165, 1.54) is 0 Å². The lowest BCUT2D eigenvalue weighted by Gasteiger charge is -2.15. The summed E-state index contributed by atoms with van der Waals surface area (Å²) < 4.78 is 6.41. The molecule has 1 heterocycles. The third-order valence-corrected chi connectivity index (χ3v) is 4.62. The van der Waals surface area contributed by atoms with E-state index in [-0.39, 0.29) is 6.04 Å². The number of halogens is 2. The fourth-order valence-corrected chi connectivity index (χ4v) is 3.46. The molecule has 2 aromatic carbocycles. The summed E-state index contributed by atoms with van der Waals surface area (Å²) >= 11 is 9.99. The van der Waals surface area contributed by atoms with Crippen LogP contribution in [0.5, 0.6) is 5.75 Å². The Morgan fingerprint density at radius 1 is 1.21 bits per heavy atom. The van der Waals surface area contributed by atoms with Crippen LogP contribution in [0.2, 0.25) is 5.02 Å². The summed E-state index contributed by atoms with van der Waals surface area (Å²) in [6.45, 7) is 4.09.